The molecule has 0 aliphatic rings. The Morgan fingerprint density at radius 1 is 1.19 bits per heavy atom. The van der Waals surface area contributed by atoms with Gasteiger partial charge in [0.25, 0.3) is 0 Å². The standard InChI is InChI=1S/C15H16BrN3O2/c1-7-5-10(6-8(2)12(7)16)14-18-9(3)11(13(17)19-14)15(20)21-4/h5-6H,1-4H3,(H2,17,18,19). The lowest BCUT2D eigenvalue weighted by Crippen LogP contribution is -2.12. The minimum atomic E-state index is -0.528. The first-order valence-corrected chi connectivity index (χ1v) is 7.14. The van der Waals surface area contributed by atoms with Gasteiger partial charge in [0.15, 0.2) is 5.82 Å². The largest absolute Gasteiger partial charge is 0.465 e. The Morgan fingerprint density at radius 3 is 2.24 bits per heavy atom. The lowest BCUT2D eigenvalue weighted by molar-refractivity contribution is 0.0600. The van der Waals surface area contributed by atoms with Crippen molar-refractivity contribution in [1.82, 2.24) is 9.97 Å². The fourth-order valence-electron chi connectivity index (χ4n) is 2.15. The normalized spacial score (nSPS) is 10.5. The first-order chi connectivity index (χ1) is 9.85. The van der Waals surface area contributed by atoms with Crippen LogP contribution in [0.5, 0.6) is 0 Å². The van der Waals surface area contributed by atoms with Crippen LogP contribution in [0.4, 0.5) is 5.82 Å². The summed E-state index contributed by atoms with van der Waals surface area (Å²) in [5.74, 6) is 0.0960. The maximum Gasteiger partial charge on any atom is 0.343 e. The minimum absolute atomic E-state index is 0.127. The average Bonchev–Trinajstić information content (AvgIpc) is 2.43. The number of anilines is 1. The number of esters is 1. The number of methoxy groups -OCH3 is 1. The smallest absolute Gasteiger partial charge is 0.343 e. The Morgan fingerprint density at radius 2 is 1.76 bits per heavy atom. The van der Waals surface area contributed by atoms with Crippen LogP contribution >= 0.6 is 15.9 Å². The first kappa shape index (κ1) is 15.4. The summed E-state index contributed by atoms with van der Waals surface area (Å²) in [5.41, 5.74) is 9.63. The Bertz CT molecular complexity index is 683. The third-order valence-electron chi connectivity index (χ3n) is 3.20. The fourth-order valence-corrected chi connectivity index (χ4v) is 2.38. The Labute approximate surface area is 131 Å². The number of halogens is 1. The van der Waals surface area contributed by atoms with Gasteiger partial charge in [0, 0.05) is 10.0 Å². The molecule has 2 aromatic rings. The highest BCUT2D eigenvalue weighted by molar-refractivity contribution is 9.10. The zero-order valence-corrected chi connectivity index (χ0v) is 13.9. The molecule has 0 aliphatic carbocycles. The maximum atomic E-state index is 11.7. The highest BCUT2D eigenvalue weighted by Gasteiger charge is 2.18. The monoisotopic (exact) mass is 349 g/mol. The highest BCUT2D eigenvalue weighted by Crippen LogP contribution is 2.28. The van der Waals surface area contributed by atoms with Gasteiger partial charge in [-0.15, -0.1) is 0 Å². The number of carbonyl (C=O) groups excluding carboxylic acids is 1. The van der Waals surface area contributed by atoms with Gasteiger partial charge in [0.1, 0.15) is 11.4 Å². The van der Waals surface area contributed by atoms with E-state index in [1.165, 1.54) is 7.11 Å². The zero-order chi connectivity index (χ0) is 15.7. The summed E-state index contributed by atoms with van der Waals surface area (Å²) >= 11 is 3.53. The van der Waals surface area contributed by atoms with Crippen LogP contribution in [0, 0.1) is 20.8 Å². The molecule has 0 amide bonds. The van der Waals surface area contributed by atoms with Crippen molar-refractivity contribution in [3.8, 4) is 11.4 Å². The van der Waals surface area contributed by atoms with Gasteiger partial charge < -0.3 is 10.5 Å². The van der Waals surface area contributed by atoms with E-state index in [0.717, 1.165) is 21.2 Å². The third kappa shape index (κ3) is 2.90. The third-order valence-corrected chi connectivity index (χ3v) is 4.45. The molecule has 5 nitrogen and oxygen atoms in total. The van der Waals surface area contributed by atoms with Gasteiger partial charge in [-0.1, -0.05) is 15.9 Å². The number of rotatable bonds is 2. The number of nitrogen functional groups attached to an aromatic ring is 1. The van der Waals surface area contributed by atoms with Crippen LogP contribution in [0.2, 0.25) is 0 Å². The molecule has 6 heteroatoms. The topological polar surface area (TPSA) is 78.1 Å². The summed E-state index contributed by atoms with van der Waals surface area (Å²) in [4.78, 5) is 20.3. The Hall–Kier alpha value is -1.95. The number of hydrogen-bond donors (Lipinski definition) is 1. The van der Waals surface area contributed by atoms with Crippen molar-refractivity contribution in [2.75, 3.05) is 12.8 Å². The van der Waals surface area contributed by atoms with Crippen LogP contribution in [-0.4, -0.2) is 23.0 Å². The summed E-state index contributed by atoms with van der Waals surface area (Å²) in [7, 11) is 1.30. The SMILES string of the molecule is COC(=O)c1c(C)nc(-c2cc(C)c(Br)c(C)c2)nc1N. The van der Waals surface area contributed by atoms with E-state index in [1.807, 2.05) is 26.0 Å². The van der Waals surface area contributed by atoms with E-state index < -0.39 is 5.97 Å². The molecule has 0 saturated carbocycles. The fraction of sp³-hybridized carbons (Fsp3) is 0.267. The van der Waals surface area contributed by atoms with E-state index in [2.05, 4.69) is 25.9 Å². The molecule has 1 heterocycles. The lowest BCUT2D eigenvalue weighted by Gasteiger charge is -2.11. The van der Waals surface area contributed by atoms with E-state index in [-0.39, 0.29) is 11.4 Å². The van der Waals surface area contributed by atoms with Crippen LogP contribution in [-0.2, 0) is 4.74 Å². The molecule has 110 valence electrons. The number of aromatic nitrogens is 2. The summed E-state index contributed by atoms with van der Waals surface area (Å²) in [6.45, 7) is 5.71. The zero-order valence-electron chi connectivity index (χ0n) is 12.3. The van der Waals surface area contributed by atoms with Crippen LogP contribution < -0.4 is 5.73 Å². The summed E-state index contributed by atoms with van der Waals surface area (Å²) in [6.07, 6.45) is 0. The molecule has 21 heavy (non-hydrogen) atoms. The summed E-state index contributed by atoms with van der Waals surface area (Å²) in [5, 5.41) is 0. The molecule has 0 radical (unpaired) electrons. The molecule has 0 bridgehead atoms. The molecule has 1 aromatic carbocycles. The van der Waals surface area contributed by atoms with Gasteiger partial charge in [-0.05, 0) is 44.0 Å². The molecule has 2 rings (SSSR count). The van der Waals surface area contributed by atoms with Crippen molar-refractivity contribution in [2.45, 2.75) is 20.8 Å². The van der Waals surface area contributed by atoms with Gasteiger partial charge >= 0.3 is 5.97 Å². The summed E-state index contributed by atoms with van der Waals surface area (Å²) < 4.78 is 5.75. The van der Waals surface area contributed by atoms with E-state index in [0.29, 0.717) is 11.5 Å². The Kier molecular flexibility index (Phi) is 4.27. The minimum Gasteiger partial charge on any atom is -0.465 e. The maximum absolute atomic E-state index is 11.7. The van der Waals surface area contributed by atoms with Gasteiger partial charge in [0.2, 0.25) is 0 Å². The van der Waals surface area contributed by atoms with Gasteiger partial charge in [-0.3, -0.25) is 0 Å². The molecule has 0 atom stereocenters. The van der Waals surface area contributed by atoms with Gasteiger partial charge in [0.05, 0.1) is 12.8 Å². The second-order valence-electron chi connectivity index (χ2n) is 4.81. The van der Waals surface area contributed by atoms with E-state index >= 15 is 0 Å². The van der Waals surface area contributed by atoms with Crippen molar-refractivity contribution >= 4 is 27.7 Å². The highest BCUT2D eigenvalue weighted by atomic mass is 79.9. The molecule has 1 aromatic heterocycles. The number of nitrogens with zero attached hydrogens (tertiary/aromatic N) is 2. The molecular weight excluding hydrogens is 334 g/mol. The van der Waals surface area contributed by atoms with Crippen LogP contribution in [0.3, 0.4) is 0 Å². The number of ether oxygens (including phenoxy) is 1. The predicted molar refractivity (Wildman–Crippen MR) is 85.1 cm³/mol. The van der Waals surface area contributed by atoms with Crippen LogP contribution in [0.15, 0.2) is 16.6 Å². The van der Waals surface area contributed by atoms with Crippen molar-refractivity contribution in [1.29, 1.82) is 0 Å². The summed E-state index contributed by atoms with van der Waals surface area (Å²) in [6, 6.07) is 3.95. The second kappa shape index (κ2) is 5.81. The van der Waals surface area contributed by atoms with Gasteiger partial charge in [-0.2, -0.15) is 0 Å². The van der Waals surface area contributed by atoms with Crippen molar-refractivity contribution in [3.63, 3.8) is 0 Å². The van der Waals surface area contributed by atoms with E-state index in [1.54, 1.807) is 6.92 Å². The van der Waals surface area contributed by atoms with Crippen molar-refractivity contribution < 1.29 is 9.53 Å². The number of benzene rings is 1. The molecule has 0 fully saturated rings. The molecular formula is C15H16BrN3O2. The molecule has 0 spiro atoms. The first-order valence-electron chi connectivity index (χ1n) is 6.34. The average molecular weight is 350 g/mol. The Balaban J connectivity index is 2.59. The second-order valence-corrected chi connectivity index (χ2v) is 5.60. The van der Waals surface area contributed by atoms with Crippen LogP contribution in [0.1, 0.15) is 27.2 Å². The predicted octanol–water partition coefficient (Wildman–Crippen LogP) is 3.20. The number of nitrogens with two attached hydrogens (primary N) is 1. The van der Waals surface area contributed by atoms with Gasteiger partial charge in [-0.25, -0.2) is 14.8 Å². The number of hydrogen-bond acceptors (Lipinski definition) is 5. The van der Waals surface area contributed by atoms with E-state index in [4.69, 9.17) is 10.5 Å². The van der Waals surface area contributed by atoms with Crippen molar-refractivity contribution in [2.24, 2.45) is 0 Å². The molecule has 0 unspecified atom stereocenters. The molecule has 0 aliphatic heterocycles. The quantitative estimate of drug-likeness (QED) is 0.842. The van der Waals surface area contributed by atoms with E-state index in [9.17, 15) is 4.79 Å². The number of aryl methyl sites for hydroxylation is 3. The van der Waals surface area contributed by atoms with Crippen molar-refractivity contribution in [3.05, 3.63) is 39.0 Å². The molecule has 0 saturated heterocycles. The van der Waals surface area contributed by atoms with Crippen LogP contribution in [0.25, 0.3) is 11.4 Å². The number of carbonyl (C=O) groups is 1. The lowest BCUT2D eigenvalue weighted by atomic mass is 10.1. The molecule has 2 N–H and O–H groups in total.